The molecule has 3 nitrogen and oxygen atoms in total. The summed E-state index contributed by atoms with van der Waals surface area (Å²) in [5.74, 6) is 1.61. The van der Waals surface area contributed by atoms with Gasteiger partial charge in [-0.2, -0.15) is 5.26 Å². The van der Waals surface area contributed by atoms with Gasteiger partial charge in [0.2, 0.25) is 0 Å². The third-order valence-electron chi connectivity index (χ3n) is 4.75. The Morgan fingerprint density at radius 1 is 1.08 bits per heavy atom. The Morgan fingerprint density at radius 2 is 1.75 bits per heavy atom. The van der Waals surface area contributed by atoms with Crippen LogP contribution < -0.4 is 4.74 Å². The van der Waals surface area contributed by atoms with Crippen molar-refractivity contribution < 1.29 is 4.74 Å². The summed E-state index contributed by atoms with van der Waals surface area (Å²) in [6.45, 7) is 4.86. The van der Waals surface area contributed by atoms with Crippen LogP contribution >= 0.6 is 0 Å². The van der Waals surface area contributed by atoms with Gasteiger partial charge in [0, 0.05) is 0 Å². The van der Waals surface area contributed by atoms with Crippen molar-refractivity contribution in [3.05, 3.63) is 65.7 Å². The van der Waals surface area contributed by atoms with Gasteiger partial charge in [0.1, 0.15) is 18.4 Å². The third-order valence-corrected chi connectivity index (χ3v) is 4.75. The molecule has 1 heterocycles. The van der Waals surface area contributed by atoms with Crippen molar-refractivity contribution in [2.45, 2.75) is 32.4 Å². The molecule has 0 amide bonds. The first kappa shape index (κ1) is 16.5. The fraction of sp³-hybridized carbons (Fsp3) is 0.381. The SMILES string of the molecule is CC1CCN(C(C#N)c2ccc(OCc3ccccc3)cc2)CC1. The molecule has 1 saturated heterocycles. The second-order valence-electron chi connectivity index (χ2n) is 6.59. The summed E-state index contributed by atoms with van der Waals surface area (Å²) in [5.41, 5.74) is 2.21. The Kier molecular flexibility index (Phi) is 5.51. The van der Waals surface area contributed by atoms with Crippen LogP contribution in [0.15, 0.2) is 54.6 Å². The van der Waals surface area contributed by atoms with Gasteiger partial charge in [-0.05, 0) is 55.1 Å². The normalized spacial score (nSPS) is 17.2. The zero-order chi connectivity index (χ0) is 16.8. The molecule has 3 heteroatoms. The Labute approximate surface area is 144 Å². The molecule has 0 saturated carbocycles. The number of likely N-dealkylation sites (tertiary alicyclic amines) is 1. The predicted octanol–water partition coefficient (Wildman–Crippen LogP) is 4.56. The summed E-state index contributed by atoms with van der Waals surface area (Å²) in [7, 11) is 0. The van der Waals surface area contributed by atoms with E-state index < -0.39 is 0 Å². The summed E-state index contributed by atoms with van der Waals surface area (Å²) < 4.78 is 5.82. The zero-order valence-electron chi connectivity index (χ0n) is 14.2. The summed E-state index contributed by atoms with van der Waals surface area (Å²) in [5, 5.41) is 9.60. The Hall–Kier alpha value is -2.31. The van der Waals surface area contributed by atoms with Crippen molar-refractivity contribution in [3.8, 4) is 11.8 Å². The number of nitriles is 1. The predicted molar refractivity (Wildman–Crippen MR) is 95.5 cm³/mol. The van der Waals surface area contributed by atoms with Crippen LogP contribution in [0, 0.1) is 17.2 Å². The minimum atomic E-state index is -0.152. The lowest BCUT2D eigenvalue weighted by Crippen LogP contribution is -2.35. The highest BCUT2D eigenvalue weighted by atomic mass is 16.5. The molecule has 2 aromatic carbocycles. The summed E-state index contributed by atoms with van der Waals surface area (Å²) in [4.78, 5) is 2.29. The van der Waals surface area contributed by atoms with Gasteiger partial charge in [0.25, 0.3) is 0 Å². The van der Waals surface area contributed by atoms with Gasteiger partial charge < -0.3 is 4.74 Å². The molecule has 3 rings (SSSR count). The number of ether oxygens (including phenoxy) is 1. The zero-order valence-corrected chi connectivity index (χ0v) is 14.2. The van der Waals surface area contributed by atoms with Crippen LogP contribution in [0.3, 0.4) is 0 Å². The highest BCUT2D eigenvalue weighted by Gasteiger charge is 2.24. The quantitative estimate of drug-likeness (QED) is 0.810. The highest BCUT2D eigenvalue weighted by Crippen LogP contribution is 2.27. The van der Waals surface area contributed by atoms with Crippen LogP contribution in [0.1, 0.15) is 36.9 Å². The van der Waals surface area contributed by atoms with Crippen LogP contribution in [-0.2, 0) is 6.61 Å². The number of rotatable bonds is 5. The van der Waals surface area contributed by atoms with Crippen LogP contribution in [0.4, 0.5) is 0 Å². The summed E-state index contributed by atoms with van der Waals surface area (Å²) in [6, 6.07) is 20.4. The maximum absolute atomic E-state index is 9.60. The molecule has 0 aromatic heterocycles. The van der Waals surface area contributed by atoms with E-state index in [2.05, 4.69) is 30.0 Å². The fourth-order valence-corrected chi connectivity index (χ4v) is 3.14. The van der Waals surface area contributed by atoms with Gasteiger partial charge in [-0.25, -0.2) is 0 Å². The first-order valence-electron chi connectivity index (χ1n) is 8.66. The van der Waals surface area contributed by atoms with E-state index in [1.807, 2.05) is 42.5 Å². The number of nitrogens with zero attached hydrogens (tertiary/aromatic N) is 2. The molecule has 1 aliphatic heterocycles. The molecular formula is C21H24N2O. The summed E-state index contributed by atoms with van der Waals surface area (Å²) >= 11 is 0. The minimum absolute atomic E-state index is 0.152. The lowest BCUT2D eigenvalue weighted by atomic mass is 9.96. The van der Waals surface area contributed by atoms with E-state index in [0.29, 0.717) is 6.61 Å². The van der Waals surface area contributed by atoms with Gasteiger partial charge >= 0.3 is 0 Å². The number of hydrogen-bond acceptors (Lipinski definition) is 3. The van der Waals surface area contributed by atoms with Crippen molar-refractivity contribution in [2.24, 2.45) is 5.92 Å². The summed E-state index contributed by atoms with van der Waals surface area (Å²) in [6.07, 6.45) is 2.35. The number of benzene rings is 2. The van der Waals surface area contributed by atoms with E-state index >= 15 is 0 Å². The lowest BCUT2D eigenvalue weighted by molar-refractivity contribution is 0.165. The van der Waals surface area contributed by atoms with Crippen molar-refractivity contribution in [2.75, 3.05) is 13.1 Å². The molecule has 0 aliphatic carbocycles. The molecule has 0 spiro atoms. The second-order valence-corrected chi connectivity index (χ2v) is 6.59. The van der Waals surface area contributed by atoms with Crippen LogP contribution in [0.25, 0.3) is 0 Å². The Balaban J connectivity index is 1.61. The molecule has 124 valence electrons. The average molecular weight is 320 g/mol. The van der Waals surface area contributed by atoms with Crippen molar-refractivity contribution in [3.63, 3.8) is 0 Å². The molecule has 1 aliphatic rings. The standard InChI is InChI=1S/C21H24N2O/c1-17-11-13-23(14-12-17)21(15-22)19-7-9-20(10-8-19)24-16-18-5-3-2-4-6-18/h2-10,17,21H,11-14,16H2,1H3. The molecular weight excluding hydrogens is 296 g/mol. The van der Waals surface area contributed by atoms with E-state index in [1.54, 1.807) is 0 Å². The Morgan fingerprint density at radius 3 is 2.38 bits per heavy atom. The molecule has 24 heavy (non-hydrogen) atoms. The maximum Gasteiger partial charge on any atom is 0.123 e. The highest BCUT2D eigenvalue weighted by molar-refractivity contribution is 5.32. The monoisotopic (exact) mass is 320 g/mol. The molecule has 2 aromatic rings. The first-order chi connectivity index (χ1) is 11.8. The van der Waals surface area contributed by atoms with Gasteiger partial charge in [-0.15, -0.1) is 0 Å². The van der Waals surface area contributed by atoms with E-state index in [9.17, 15) is 5.26 Å². The smallest absolute Gasteiger partial charge is 0.123 e. The fourth-order valence-electron chi connectivity index (χ4n) is 3.14. The second kappa shape index (κ2) is 7.99. The molecule has 1 fully saturated rings. The largest absolute Gasteiger partial charge is 0.489 e. The van der Waals surface area contributed by atoms with Crippen molar-refractivity contribution in [1.29, 1.82) is 5.26 Å². The van der Waals surface area contributed by atoms with Crippen LogP contribution in [0.5, 0.6) is 5.75 Å². The molecule has 1 unspecified atom stereocenters. The molecule has 1 atom stereocenters. The molecule has 0 radical (unpaired) electrons. The third kappa shape index (κ3) is 4.15. The number of hydrogen-bond donors (Lipinski definition) is 0. The van der Waals surface area contributed by atoms with Gasteiger partial charge in [-0.1, -0.05) is 49.4 Å². The van der Waals surface area contributed by atoms with Crippen molar-refractivity contribution in [1.82, 2.24) is 4.90 Å². The molecule has 0 bridgehead atoms. The van der Waals surface area contributed by atoms with Gasteiger partial charge in [-0.3, -0.25) is 4.90 Å². The Bertz CT molecular complexity index is 667. The molecule has 0 N–H and O–H groups in total. The van der Waals surface area contributed by atoms with E-state index in [1.165, 1.54) is 12.8 Å². The van der Waals surface area contributed by atoms with Crippen molar-refractivity contribution >= 4 is 0 Å². The maximum atomic E-state index is 9.60. The first-order valence-corrected chi connectivity index (χ1v) is 8.66. The van der Waals surface area contributed by atoms with E-state index in [4.69, 9.17) is 4.74 Å². The number of piperidine rings is 1. The minimum Gasteiger partial charge on any atom is -0.489 e. The topological polar surface area (TPSA) is 36.3 Å². The van der Waals surface area contributed by atoms with Gasteiger partial charge in [0.05, 0.1) is 6.07 Å². The van der Waals surface area contributed by atoms with Crippen LogP contribution in [-0.4, -0.2) is 18.0 Å². The lowest BCUT2D eigenvalue weighted by Gasteiger charge is -2.33. The van der Waals surface area contributed by atoms with E-state index in [0.717, 1.165) is 35.9 Å². The average Bonchev–Trinajstić information content (AvgIpc) is 2.64. The van der Waals surface area contributed by atoms with E-state index in [-0.39, 0.29) is 6.04 Å². The van der Waals surface area contributed by atoms with Gasteiger partial charge in [0.15, 0.2) is 0 Å². The van der Waals surface area contributed by atoms with Crippen LogP contribution in [0.2, 0.25) is 0 Å².